The van der Waals surface area contributed by atoms with Crippen LogP contribution in [0.5, 0.6) is 0 Å². The molecule has 1 aliphatic carbocycles. The maximum Gasteiger partial charge on any atom is 0.267 e. The number of alkyl halides is 2. The van der Waals surface area contributed by atoms with Gasteiger partial charge in [-0.05, 0) is 11.8 Å². The lowest BCUT2D eigenvalue weighted by Gasteiger charge is -2.34. The predicted octanol–water partition coefficient (Wildman–Crippen LogP) is 3.14. The van der Waals surface area contributed by atoms with Gasteiger partial charge in [-0.2, -0.15) is 0 Å². The molecule has 1 saturated heterocycles. The summed E-state index contributed by atoms with van der Waals surface area (Å²) in [4.78, 5) is 0. The van der Waals surface area contributed by atoms with E-state index in [0.29, 0.717) is 6.42 Å². The standard InChI is InChI=1S/C10H14BF2N/c12-10(13)2-1-9(7-10)3-5-11(8-14)6-4-9/h1-7H2. The van der Waals surface area contributed by atoms with E-state index in [2.05, 4.69) is 5.97 Å². The molecule has 0 aromatic rings. The van der Waals surface area contributed by atoms with Crippen molar-refractivity contribution in [3.05, 3.63) is 0 Å². The minimum Gasteiger partial charge on any atom is -0.213 e. The minimum atomic E-state index is -2.43. The van der Waals surface area contributed by atoms with Crippen molar-refractivity contribution in [2.45, 2.75) is 50.7 Å². The van der Waals surface area contributed by atoms with E-state index in [1.165, 1.54) is 0 Å². The Bertz CT molecular complexity index is 264. The van der Waals surface area contributed by atoms with Crippen LogP contribution in [0.3, 0.4) is 0 Å². The fourth-order valence-electron chi connectivity index (χ4n) is 2.96. The highest BCUT2D eigenvalue weighted by Crippen LogP contribution is 2.54. The molecule has 0 radical (unpaired) electrons. The molecule has 0 N–H and O–H groups in total. The van der Waals surface area contributed by atoms with Crippen molar-refractivity contribution >= 4 is 6.71 Å². The third kappa shape index (κ3) is 1.77. The van der Waals surface area contributed by atoms with Crippen LogP contribution in [0, 0.1) is 16.6 Å². The molecule has 1 heterocycles. The van der Waals surface area contributed by atoms with Crippen molar-refractivity contribution in [3.8, 4) is 5.97 Å². The van der Waals surface area contributed by atoms with Gasteiger partial charge in [0, 0.05) is 18.8 Å². The second kappa shape index (κ2) is 3.22. The highest BCUT2D eigenvalue weighted by Gasteiger charge is 2.50. The second-order valence-electron chi connectivity index (χ2n) is 4.94. The summed E-state index contributed by atoms with van der Waals surface area (Å²) in [6, 6.07) is 0. The Kier molecular flexibility index (Phi) is 2.29. The van der Waals surface area contributed by atoms with Crippen LogP contribution in [-0.2, 0) is 0 Å². The average Bonchev–Trinajstić information content (AvgIpc) is 2.44. The lowest BCUT2D eigenvalue weighted by atomic mass is 9.39. The summed E-state index contributed by atoms with van der Waals surface area (Å²) in [6.07, 6.45) is 4.11. The smallest absolute Gasteiger partial charge is 0.213 e. The molecule has 0 amide bonds. The van der Waals surface area contributed by atoms with Gasteiger partial charge in [-0.25, -0.2) is 14.0 Å². The van der Waals surface area contributed by atoms with Gasteiger partial charge in [-0.15, -0.1) is 0 Å². The fourth-order valence-corrected chi connectivity index (χ4v) is 2.96. The van der Waals surface area contributed by atoms with E-state index < -0.39 is 5.92 Å². The fraction of sp³-hybridized carbons (Fsp3) is 0.900. The summed E-state index contributed by atoms with van der Waals surface area (Å²) >= 11 is 0. The molecule has 0 atom stereocenters. The van der Waals surface area contributed by atoms with Crippen molar-refractivity contribution in [1.82, 2.24) is 0 Å². The van der Waals surface area contributed by atoms with E-state index in [4.69, 9.17) is 5.26 Å². The number of hydrogen-bond donors (Lipinski definition) is 0. The zero-order valence-electron chi connectivity index (χ0n) is 8.23. The van der Waals surface area contributed by atoms with Gasteiger partial charge in [-0.3, -0.25) is 0 Å². The Balaban J connectivity index is 1.98. The molecule has 0 aromatic carbocycles. The monoisotopic (exact) mass is 197 g/mol. The van der Waals surface area contributed by atoms with Crippen molar-refractivity contribution in [1.29, 1.82) is 5.26 Å². The third-order valence-corrected chi connectivity index (χ3v) is 3.88. The maximum atomic E-state index is 13.1. The Hall–Kier alpha value is -0.585. The maximum absolute atomic E-state index is 13.1. The predicted molar refractivity (Wildman–Crippen MR) is 51.4 cm³/mol. The molecule has 2 aliphatic rings. The summed E-state index contributed by atoms with van der Waals surface area (Å²) < 4.78 is 26.2. The first-order chi connectivity index (χ1) is 6.55. The summed E-state index contributed by atoms with van der Waals surface area (Å²) in [5, 5.41) is 8.73. The van der Waals surface area contributed by atoms with Crippen LogP contribution in [0.15, 0.2) is 0 Å². The largest absolute Gasteiger partial charge is 0.267 e. The van der Waals surface area contributed by atoms with E-state index in [-0.39, 0.29) is 25.0 Å². The van der Waals surface area contributed by atoms with E-state index in [1.807, 2.05) is 0 Å². The van der Waals surface area contributed by atoms with Crippen LogP contribution in [0.1, 0.15) is 32.1 Å². The average molecular weight is 197 g/mol. The van der Waals surface area contributed by atoms with Gasteiger partial charge in [0.2, 0.25) is 5.92 Å². The number of hydrogen-bond acceptors (Lipinski definition) is 1. The van der Waals surface area contributed by atoms with Crippen LogP contribution >= 0.6 is 0 Å². The van der Waals surface area contributed by atoms with Crippen molar-refractivity contribution in [2.75, 3.05) is 0 Å². The third-order valence-electron chi connectivity index (χ3n) is 3.88. The minimum absolute atomic E-state index is 0.0597. The topological polar surface area (TPSA) is 23.8 Å². The summed E-state index contributed by atoms with van der Waals surface area (Å²) in [5.74, 6) is -0.188. The highest BCUT2D eigenvalue weighted by molar-refractivity contribution is 6.67. The van der Waals surface area contributed by atoms with Crippen LogP contribution in [0.4, 0.5) is 8.78 Å². The number of nitriles is 1. The Morgan fingerprint density at radius 2 is 1.71 bits per heavy atom. The van der Waals surface area contributed by atoms with E-state index in [1.54, 1.807) is 0 Å². The van der Waals surface area contributed by atoms with E-state index >= 15 is 0 Å². The zero-order chi connectivity index (χ0) is 10.2. The van der Waals surface area contributed by atoms with Crippen LogP contribution < -0.4 is 0 Å². The molecular formula is C10H14BF2N. The quantitative estimate of drug-likeness (QED) is 0.547. The lowest BCUT2D eigenvalue weighted by molar-refractivity contribution is -0.00539. The van der Waals surface area contributed by atoms with Crippen LogP contribution in [-0.4, -0.2) is 12.6 Å². The molecule has 1 nitrogen and oxygen atoms in total. The van der Waals surface area contributed by atoms with Crippen LogP contribution in [0.2, 0.25) is 12.6 Å². The first-order valence-electron chi connectivity index (χ1n) is 5.33. The van der Waals surface area contributed by atoms with Gasteiger partial charge in [0.1, 0.15) is 0 Å². The Morgan fingerprint density at radius 1 is 1.07 bits per heavy atom. The molecule has 1 spiro atoms. The number of nitrogens with zero attached hydrogens (tertiary/aromatic N) is 1. The Labute approximate surface area is 83.6 Å². The van der Waals surface area contributed by atoms with Crippen molar-refractivity contribution in [2.24, 2.45) is 5.41 Å². The van der Waals surface area contributed by atoms with Gasteiger partial charge in [-0.1, -0.05) is 25.5 Å². The summed E-state index contributed by atoms with van der Waals surface area (Å²) in [5.41, 5.74) is -0.114. The van der Waals surface area contributed by atoms with Crippen molar-refractivity contribution in [3.63, 3.8) is 0 Å². The summed E-state index contributed by atoms with van der Waals surface area (Å²) in [6.45, 7) is 0.120. The first-order valence-corrected chi connectivity index (χ1v) is 5.33. The molecule has 0 unspecified atom stereocenters. The molecular weight excluding hydrogens is 183 g/mol. The van der Waals surface area contributed by atoms with Gasteiger partial charge in [0.05, 0.1) is 0 Å². The van der Waals surface area contributed by atoms with E-state index in [0.717, 1.165) is 25.5 Å². The molecule has 2 fully saturated rings. The normalized spacial score (nSPS) is 29.1. The Morgan fingerprint density at radius 3 is 2.14 bits per heavy atom. The van der Waals surface area contributed by atoms with Crippen LogP contribution in [0.25, 0.3) is 0 Å². The zero-order valence-corrected chi connectivity index (χ0v) is 8.23. The molecule has 1 aliphatic heterocycles. The number of halogens is 2. The van der Waals surface area contributed by atoms with Crippen molar-refractivity contribution < 1.29 is 8.78 Å². The molecule has 1 saturated carbocycles. The van der Waals surface area contributed by atoms with Gasteiger partial charge in [0.15, 0.2) is 0 Å². The molecule has 0 aromatic heterocycles. The molecule has 2 rings (SSSR count). The van der Waals surface area contributed by atoms with Gasteiger partial charge < -0.3 is 0 Å². The molecule has 4 heteroatoms. The molecule has 76 valence electrons. The highest BCUT2D eigenvalue weighted by atomic mass is 19.3. The molecule has 0 bridgehead atoms. The van der Waals surface area contributed by atoms with Gasteiger partial charge in [0.25, 0.3) is 6.71 Å². The molecule has 14 heavy (non-hydrogen) atoms. The number of rotatable bonds is 0. The second-order valence-corrected chi connectivity index (χ2v) is 4.94. The van der Waals surface area contributed by atoms with Gasteiger partial charge >= 0.3 is 0 Å². The lowest BCUT2D eigenvalue weighted by Crippen LogP contribution is -2.29. The SMILES string of the molecule is N#CB1CCC2(CC1)CCC(F)(F)C2. The van der Waals surface area contributed by atoms with E-state index in [9.17, 15) is 8.78 Å². The first kappa shape index (κ1) is 9.95. The summed E-state index contributed by atoms with van der Waals surface area (Å²) in [7, 11) is 0.